The monoisotopic (exact) mass is 459 g/mol. The number of aliphatic hydroxyl groups is 1. The van der Waals surface area contributed by atoms with E-state index in [0.717, 1.165) is 12.8 Å². The number of carbonyl (C=O) groups is 1. The number of ketones is 1. The minimum atomic E-state index is -0.498. The molecule has 0 saturated carbocycles. The third-order valence-electron chi connectivity index (χ3n) is 5.89. The van der Waals surface area contributed by atoms with Gasteiger partial charge in [-0.15, -0.1) is 0 Å². The molecule has 9 nitrogen and oxygen atoms in total. The number of nitrogens with one attached hydrogen (secondary N) is 2. The van der Waals surface area contributed by atoms with Crippen LogP contribution in [0.2, 0.25) is 0 Å². The van der Waals surface area contributed by atoms with E-state index < -0.39 is 6.10 Å². The van der Waals surface area contributed by atoms with Gasteiger partial charge in [-0.1, -0.05) is 0 Å². The van der Waals surface area contributed by atoms with Gasteiger partial charge in [0.05, 0.1) is 42.0 Å². The van der Waals surface area contributed by atoms with Gasteiger partial charge in [0.1, 0.15) is 29.3 Å². The smallest absolute Gasteiger partial charge is 0.195 e. The normalized spacial score (nSPS) is 19.0. The standard InChI is InChI=1S/C25H25N5O4/c1-15(31)21-9-6-17(13-33-21)30-25-22-20(12-27-24(22)28-14-29-25)23(32)16-4-7-18(8-5-16)34-19-3-2-10-26-11-19/h2-5,7-8,10-12,14-15,17,21,31H,6,9,13H2,1H3,(H2,27,28,29,30)/t15?,17-,21+/m1/s1. The summed E-state index contributed by atoms with van der Waals surface area (Å²) in [6.07, 6.45) is 7.34. The third-order valence-corrected chi connectivity index (χ3v) is 5.89. The lowest BCUT2D eigenvalue weighted by atomic mass is 10.0. The van der Waals surface area contributed by atoms with Crippen LogP contribution in [0, 0.1) is 0 Å². The second-order valence-corrected chi connectivity index (χ2v) is 8.32. The summed E-state index contributed by atoms with van der Waals surface area (Å²) >= 11 is 0. The number of hydrogen-bond donors (Lipinski definition) is 3. The lowest BCUT2D eigenvalue weighted by Gasteiger charge is -2.31. The Morgan fingerprint density at radius 3 is 2.76 bits per heavy atom. The molecule has 1 aliphatic rings. The molecule has 1 fully saturated rings. The second kappa shape index (κ2) is 9.58. The van der Waals surface area contributed by atoms with Gasteiger partial charge in [-0.2, -0.15) is 0 Å². The molecule has 1 saturated heterocycles. The second-order valence-electron chi connectivity index (χ2n) is 8.32. The van der Waals surface area contributed by atoms with Gasteiger partial charge in [-0.3, -0.25) is 9.78 Å². The van der Waals surface area contributed by atoms with Crippen LogP contribution in [0.25, 0.3) is 11.0 Å². The molecule has 1 aromatic carbocycles. The SMILES string of the molecule is CC(O)[C@@H]1CC[C@@H](Nc2ncnc3[nH]cc(C(=O)c4ccc(Oc5cccnc5)cc4)c23)CO1. The molecule has 0 amide bonds. The van der Waals surface area contributed by atoms with Gasteiger partial charge in [-0.25, -0.2) is 9.97 Å². The van der Waals surface area contributed by atoms with Gasteiger partial charge in [0.25, 0.3) is 0 Å². The Kier molecular flexibility index (Phi) is 6.20. The van der Waals surface area contributed by atoms with E-state index in [2.05, 4.69) is 25.3 Å². The van der Waals surface area contributed by atoms with Gasteiger partial charge in [-0.05, 0) is 56.2 Å². The number of nitrogens with zero attached hydrogens (tertiary/aromatic N) is 3. The molecule has 4 aromatic rings. The zero-order valence-corrected chi connectivity index (χ0v) is 18.6. The van der Waals surface area contributed by atoms with Crippen LogP contribution in [0.5, 0.6) is 11.5 Å². The molecule has 1 aliphatic heterocycles. The van der Waals surface area contributed by atoms with Crippen molar-refractivity contribution < 1.29 is 19.4 Å². The van der Waals surface area contributed by atoms with Crippen molar-refractivity contribution in [3.05, 3.63) is 72.4 Å². The number of aromatic amines is 1. The van der Waals surface area contributed by atoms with E-state index in [9.17, 15) is 9.90 Å². The number of aromatic nitrogens is 4. The van der Waals surface area contributed by atoms with E-state index in [4.69, 9.17) is 9.47 Å². The molecule has 9 heteroatoms. The molecule has 5 rings (SSSR count). The maximum atomic E-state index is 13.3. The molecular formula is C25H25N5O4. The number of benzene rings is 1. The molecule has 34 heavy (non-hydrogen) atoms. The van der Waals surface area contributed by atoms with Crippen molar-refractivity contribution in [2.24, 2.45) is 0 Å². The van der Waals surface area contributed by atoms with Gasteiger partial charge < -0.3 is 24.9 Å². The molecule has 3 N–H and O–H groups in total. The van der Waals surface area contributed by atoms with Gasteiger partial charge in [0.15, 0.2) is 5.78 Å². The Morgan fingerprint density at radius 2 is 2.06 bits per heavy atom. The molecule has 0 spiro atoms. The maximum absolute atomic E-state index is 13.3. The minimum Gasteiger partial charge on any atom is -0.456 e. The summed E-state index contributed by atoms with van der Waals surface area (Å²) < 4.78 is 11.5. The molecule has 0 radical (unpaired) electrons. The maximum Gasteiger partial charge on any atom is 0.195 e. The lowest BCUT2D eigenvalue weighted by Crippen LogP contribution is -2.39. The molecule has 1 unspecified atom stereocenters. The van der Waals surface area contributed by atoms with Crippen LogP contribution in [-0.2, 0) is 4.74 Å². The average Bonchev–Trinajstić information content (AvgIpc) is 3.30. The van der Waals surface area contributed by atoms with Crippen molar-refractivity contribution in [3.63, 3.8) is 0 Å². The predicted octanol–water partition coefficient (Wildman–Crippen LogP) is 3.72. The molecular weight excluding hydrogens is 434 g/mol. The highest BCUT2D eigenvalue weighted by molar-refractivity contribution is 6.18. The summed E-state index contributed by atoms with van der Waals surface area (Å²) in [6, 6.07) is 10.6. The Morgan fingerprint density at radius 1 is 1.21 bits per heavy atom. The Labute approximate surface area is 196 Å². The van der Waals surface area contributed by atoms with E-state index in [1.807, 2.05) is 6.07 Å². The highest BCUT2D eigenvalue weighted by atomic mass is 16.5. The van der Waals surface area contributed by atoms with Crippen molar-refractivity contribution in [2.45, 2.75) is 38.0 Å². The molecule has 4 heterocycles. The number of H-pyrrole nitrogens is 1. The van der Waals surface area contributed by atoms with E-state index in [1.165, 1.54) is 6.33 Å². The number of pyridine rings is 1. The topological polar surface area (TPSA) is 122 Å². The number of anilines is 1. The fourth-order valence-electron chi connectivity index (χ4n) is 4.08. The fourth-order valence-corrected chi connectivity index (χ4v) is 4.08. The number of hydrogen-bond acceptors (Lipinski definition) is 8. The Hall–Kier alpha value is -3.82. The number of fused-ring (bicyclic) bond motifs is 1. The van der Waals surface area contributed by atoms with E-state index in [-0.39, 0.29) is 17.9 Å². The average molecular weight is 460 g/mol. The first-order valence-electron chi connectivity index (χ1n) is 11.2. The minimum absolute atomic E-state index is 0.0230. The predicted molar refractivity (Wildman–Crippen MR) is 126 cm³/mol. The molecule has 3 atom stereocenters. The van der Waals surface area contributed by atoms with Crippen LogP contribution in [-0.4, -0.2) is 55.7 Å². The van der Waals surface area contributed by atoms with Gasteiger partial charge >= 0.3 is 0 Å². The molecule has 0 aliphatic carbocycles. The quantitative estimate of drug-likeness (QED) is 0.358. The van der Waals surface area contributed by atoms with Gasteiger partial charge in [0.2, 0.25) is 0 Å². The number of ether oxygens (including phenoxy) is 2. The summed E-state index contributed by atoms with van der Waals surface area (Å²) in [4.78, 5) is 29.1. The molecule has 174 valence electrons. The first kappa shape index (κ1) is 22.0. The summed E-state index contributed by atoms with van der Waals surface area (Å²) in [6.45, 7) is 2.19. The summed E-state index contributed by atoms with van der Waals surface area (Å²) in [5.41, 5.74) is 1.59. The summed E-state index contributed by atoms with van der Waals surface area (Å²) in [7, 11) is 0. The van der Waals surface area contributed by atoms with Crippen molar-refractivity contribution >= 4 is 22.6 Å². The van der Waals surface area contributed by atoms with Crippen LogP contribution in [0.15, 0.2) is 61.3 Å². The largest absolute Gasteiger partial charge is 0.456 e. The van der Waals surface area contributed by atoms with E-state index in [1.54, 1.807) is 55.8 Å². The Bertz CT molecular complexity index is 1270. The number of aliphatic hydroxyl groups excluding tert-OH is 1. The van der Waals surface area contributed by atoms with Crippen molar-refractivity contribution in [1.82, 2.24) is 19.9 Å². The highest BCUT2D eigenvalue weighted by Crippen LogP contribution is 2.29. The van der Waals surface area contributed by atoms with Crippen molar-refractivity contribution in [2.75, 3.05) is 11.9 Å². The summed E-state index contributed by atoms with van der Waals surface area (Å²) in [5, 5.41) is 13.8. The third kappa shape index (κ3) is 4.61. The first-order chi connectivity index (χ1) is 16.6. The fraction of sp³-hybridized carbons (Fsp3) is 0.280. The first-order valence-corrected chi connectivity index (χ1v) is 11.2. The van der Waals surface area contributed by atoms with E-state index >= 15 is 0 Å². The van der Waals surface area contributed by atoms with Crippen molar-refractivity contribution in [3.8, 4) is 11.5 Å². The molecule has 3 aromatic heterocycles. The van der Waals surface area contributed by atoms with Crippen LogP contribution >= 0.6 is 0 Å². The zero-order valence-electron chi connectivity index (χ0n) is 18.6. The van der Waals surface area contributed by atoms with Gasteiger partial charge in [0, 0.05) is 18.0 Å². The number of carbonyl (C=O) groups excluding carboxylic acids is 1. The van der Waals surface area contributed by atoms with Crippen molar-refractivity contribution in [1.29, 1.82) is 0 Å². The Balaban J connectivity index is 1.35. The zero-order chi connectivity index (χ0) is 23.5. The lowest BCUT2D eigenvalue weighted by molar-refractivity contribution is -0.0584. The number of rotatable bonds is 7. The van der Waals surface area contributed by atoms with Crippen LogP contribution < -0.4 is 10.1 Å². The summed E-state index contributed by atoms with van der Waals surface area (Å²) in [5.74, 6) is 1.67. The van der Waals surface area contributed by atoms with Crippen LogP contribution in [0.4, 0.5) is 5.82 Å². The highest BCUT2D eigenvalue weighted by Gasteiger charge is 2.26. The van der Waals surface area contributed by atoms with Crippen LogP contribution in [0.1, 0.15) is 35.7 Å². The van der Waals surface area contributed by atoms with Crippen LogP contribution in [0.3, 0.4) is 0 Å². The van der Waals surface area contributed by atoms with E-state index in [0.29, 0.717) is 46.1 Å². The molecule has 0 bridgehead atoms.